The molecular formula is C12H13FN2O2. The Morgan fingerprint density at radius 2 is 1.71 bits per heavy atom. The number of carbonyl (C=O) groups excluding carboxylic acids is 2. The zero-order chi connectivity index (χ0) is 12.6. The van der Waals surface area contributed by atoms with Crippen molar-refractivity contribution in [3.05, 3.63) is 35.6 Å². The first-order valence-electron chi connectivity index (χ1n) is 5.34. The van der Waals surface area contributed by atoms with E-state index >= 15 is 0 Å². The minimum atomic E-state index is -1.31. The molecular weight excluding hydrogens is 223 g/mol. The fourth-order valence-corrected chi connectivity index (χ4v) is 2.43. The van der Waals surface area contributed by atoms with Crippen LogP contribution >= 0.6 is 0 Å². The van der Waals surface area contributed by atoms with Crippen molar-refractivity contribution in [2.75, 3.05) is 0 Å². The summed E-state index contributed by atoms with van der Waals surface area (Å²) < 4.78 is 12.8. The second-order valence-electron chi connectivity index (χ2n) is 4.34. The summed E-state index contributed by atoms with van der Waals surface area (Å²) >= 11 is 0. The van der Waals surface area contributed by atoms with E-state index in [1.807, 2.05) is 0 Å². The molecule has 1 aromatic carbocycles. The van der Waals surface area contributed by atoms with Crippen molar-refractivity contribution in [1.82, 2.24) is 0 Å². The van der Waals surface area contributed by atoms with Crippen LogP contribution in [0.1, 0.15) is 24.3 Å². The van der Waals surface area contributed by atoms with Crippen molar-refractivity contribution in [3.8, 4) is 0 Å². The average Bonchev–Trinajstić information content (AvgIpc) is 2.19. The Balaban J connectivity index is 2.37. The molecule has 5 heteroatoms. The Bertz CT molecular complexity index is 456. The highest BCUT2D eigenvalue weighted by Gasteiger charge is 2.56. The first kappa shape index (κ1) is 11.6. The highest BCUT2D eigenvalue weighted by Crippen LogP contribution is 2.52. The summed E-state index contributed by atoms with van der Waals surface area (Å²) in [7, 11) is 0. The Labute approximate surface area is 97.8 Å². The zero-order valence-electron chi connectivity index (χ0n) is 9.15. The number of amides is 2. The number of rotatable bonds is 3. The summed E-state index contributed by atoms with van der Waals surface area (Å²) in [5.41, 5.74) is 9.97. The Kier molecular flexibility index (Phi) is 2.61. The predicted octanol–water partition coefficient (Wildman–Crippen LogP) is 0.660. The monoisotopic (exact) mass is 236 g/mol. The maximum atomic E-state index is 12.8. The number of halogens is 1. The van der Waals surface area contributed by atoms with Crippen LogP contribution in [0.5, 0.6) is 0 Å². The van der Waals surface area contributed by atoms with Gasteiger partial charge in [-0.1, -0.05) is 12.1 Å². The molecule has 17 heavy (non-hydrogen) atoms. The van der Waals surface area contributed by atoms with Gasteiger partial charge in [-0.05, 0) is 30.5 Å². The number of hydrogen-bond acceptors (Lipinski definition) is 2. The number of hydrogen-bond donors (Lipinski definition) is 2. The number of benzene rings is 1. The minimum Gasteiger partial charge on any atom is -0.369 e. The summed E-state index contributed by atoms with van der Waals surface area (Å²) in [6.45, 7) is 0. The van der Waals surface area contributed by atoms with Gasteiger partial charge in [0.05, 0.1) is 0 Å². The highest BCUT2D eigenvalue weighted by molar-refractivity contribution is 6.05. The van der Waals surface area contributed by atoms with Crippen LogP contribution in [0.25, 0.3) is 0 Å². The third-order valence-electron chi connectivity index (χ3n) is 3.57. The van der Waals surface area contributed by atoms with Crippen LogP contribution in [-0.2, 0) is 9.59 Å². The fraction of sp³-hybridized carbons (Fsp3) is 0.333. The molecule has 0 spiro atoms. The molecule has 0 radical (unpaired) electrons. The third kappa shape index (κ3) is 1.58. The maximum absolute atomic E-state index is 12.8. The van der Waals surface area contributed by atoms with Gasteiger partial charge in [0, 0.05) is 5.92 Å². The number of carbonyl (C=O) groups is 2. The molecule has 1 aromatic rings. The molecule has 0 bridgehead atoms. The fourth-order valence-electron chi connectivity index (χ4n) is 2.43. The lowest BCUT2D eigenvalue weighted by atomic mass is 9.56. The van der Waals surface area contributed by atoms with E-state index in [-0.39, 0.29) is 11.7 Å². The van der Waals surface area contributed by atoms with Gasteiger partial charge in [0.2, 0.25) is 11.8 Å². The predicted molar refractivity (Wildman–Crippen MR) is 59.2 cm³/mol. The Morgan fingerprint density at radius 3 is 2.06 bits per heavy atom. The Morgan fingerprint density at radius 1 is 1.18 bits per heavy atom. The molecule has 4 N–H and O–H groups in total. The lowest BCUT2D eigenvalue weighted by Crippen LogP contribution is -2.57. The van der Waals surface area contributed by atoms with E-state index < -0.39 is 17.2 Å². The molecule has 1 aliphatic rings. The summed E-state index contributed by atoms with van der Waals surface area (Å²) in [6.07, 6.45) is 1.01. The van der Waals surface area contributed by atoms with Crippen molar-refractivity contribution in [1.29, 1.82) is 0 Å². The first-order chi connectivity index (χ1) is 7.98. The molecule has 1 fully saturated rings. The van der Waals surface area contributed by atoms with Gasteiger partial charge in [-0.15, -0.1) is 0 Å². The molecule has 0 aliphatic heterocycles. The van der Waals surface area contributed by atoms with Crippen LogP contribution in [0, 0.1) is 11.2 Å². The quantitative estimate of drug-likeness (QED) is 0.755. The normalized spacial score (nSPS) is 21.6. The van der Waals surface area contributed by atoms with E-state index in [9.17, 15) is 14.0 Å². The molecule has 1 unspecified atom stereocenters. The lowest BCUT2D eigenvalue weighted by Gasteiger charge is -2.44. The molecule has 1 aliphatic carbocycles. The smallest absolute Gasteiger partial charge is 0.233 e. The van der Waals surface area contributed by atoms with Gasteiger partial charge < -0.3 is 11.5 Å². The summed E-state index contributed by atoms with van der Waals surface area (Å²) in [5, 5.41) is 0. The van der Waals surface area contributed by atoms with Crippen molar-refractivity contribution in [2.45, 2.75) is 18.8 Å². The second-order valence-corrected chi connectivity index (χ2v) is 4.34. The molecule has 2 rings (SSSR count). The molecule has 1 saturated carbocycles. The molecule has 2 amide bonds. The van der Waals surface area contributed by atoms with E-state index in [4.69, 9.17) is 11.5 Å². The SMILES string of the molecule is NC(=O)C1(C(N)=O)CCC1c1ccc(F)cc1. The highest BCUT2D eigenvalue weighted by atomic mass is 19.1. The van der Waals surface area contributed by atoms with Crippen LogP contribution in [0.2, 0.25) is 0 Å². The topological polar surface area (TPSA) is 86.2 Å². The van der Waals surface area contributed by atoms with Gasteiger partial charge in [0.1, 0.15) is 11.2 Å². The Hall–Kier alpha value is -1.91. The van der Waals surface area contributed by atoms with E-state index in [0.717, 1.165) is 5.56 Å². The molecule has 4 nitrogen and oxygen atoms in total. The van der Waals surface area contributed by atoms with Gasteiger partial charge >= 0.3 is 0 Å². The number of primary amides is 2. The summed E-state index contributed by atoms with van der Waals surface area (Å²) in [5.74, 6) is -2.11. The van der Waals surface area contributed by atoms with Gasteiger partial charge in [-0.2, -0.15) is 0 Å². The van der Waals surface area contributed by atoms with Crippen LogP contribution in [0.3, 0.4) is 0 Å². The largest absolute Gasteiger partial charge is 0.369 e. The van der Waals surface area contributed by atoms with Crippen molar-refractivity contribution in [3.63, 3.8) is 0 Å². The average molecular weight is 236 g/mol. The standard InChI is InChI=1S/C12H13FN2O2/c13-8-3-1-7(2-4-8)9-5-6-12(9,10(14)16)11(15)17/h1-4,9H,5-6H2,(H2,14,16)(H2,15,17). The molecule has 0 heterocycles. The van der Waals surface area contributed by atoms with Crippen molar-refractivity contribution < 1.29 is 14.0 Å². The number of nitrogens with two attached hydrogens (primary N) is 2. The van der Waals surface area contributed by atoms with E-state index in [1.54, 1.807) is 12.1 Å². The van der Waals surface area contributed by atoms with Crippen LogP contribution < -0.4 is 11.5 Å². The lowest BCUT2D eigenvalue weighted by molar-refractivity contribution is -0.147. The van der Waals surface area contributed by atoms with Crippen LogP contribution in [-0.4, -0.2) is 11.8 Å². The van der Waals surface area contributed by atoms with Crippen molar-refractivity contribution >= 4 is 11.8 Å². The minimum absolute atomic E-state index is 0.335. The third-order valence-corrected chi connectivity index (χ3v) is 3.57. The van der Waals surface area contributed by atoms with E-state index in [1.165, 1.54) is 12.1 Å². The summed E-state index contributed by atoms with van der Waals surface area (Å²) in [4.78, 5) is 22.9. The van der Waals surface area contributed by atoms with Gasteiger partial charge in [-0.3, -0.25) is 9.59 Å². The van der Waals surface area contributed by atoms with E-state index in [2.05, 4.69) is 0 Å². The van der Waals surface area contributed by atoms with Crippen molar-refractivity contribution in [2.24, 2.45) is 16.9 Å². The molecule has 1 atom stereocenters. The molecule has 0 aromatic heterocycles. The van der Waals surface area contributed by atoms with Crippen LogP contribution in [0.4, 0.5) is 4.39 Å². The molecule has 0 saturated heterocycles. The molecule has 90 valence electrons. The first-order valence-corrected chi connectivity index (χ1v) is 5.34. The van der Waals surface area contributed by atoms with E-state index in [0.29, 0.717) is 12.8 Å². The second kappa shape index (κ2) is 3.84. The maximum Gasteiger partial charge on any atom is 0.233 e. The summed E-state index contributed by atoms with van der Waals surface area (Å²) in [6, 6.07) is 5.69. The van der Waals surface area contributed by atoms with Gasteiger partial charge in [-0.25, -0.2) is 4.39 Å². The van der Waals surface area contributed by atoms with Gasteiger partial charge in [0.15, 0.2) is 0 Å². The zero-order valence-corrected chi connectivity index (χ0v) is 9.15. The van der Waals surface area contributed by atoms with Crippen LogP contribution in [0.15, 0.2) is 24.3 Å². The van der Waals surface area contributed by atoms with Gasteiger partial charge in [0.25, 0.3) is 0 Å².